The molecule has 0 atom stereocenters. The molecule has 6 nitrogen and oxygen atoms in total. The van der Waals surface area contributed by atoms with Crippen molar-refractivity contribution in [2.24, 2.45) is 0 Å². The normalized spacial score (nSPS) is 8.40. The lowest BCUT2D eigenvalue weighted by Crippen LogP contribution is -2.34. The molecule has 7 heteroatoms. The molecule has 56 valence electrons. The minimum Gasteiger partial charge on any atom is -0.269 e. The molecule has 0 aliphatic heterocycles. The van der Waals surface area contributed by atoms with Crippen molar-refractivity contribution < 1.29 is 4.70 Å². The molecule has 1 rings (SSSR count). The van der Waals surface area contributed by atoms with Crippen molar-refractivity contribution in [3.05, 3.63) is 31.5 Å². The molecular formula is C3H4FN3O3. The molecule has 1 aromatic heterocycles. The molecule has 1 heterocycles. The average Bonchev–Trinajstić information content (AvgIpc) is 1.59. The molecule has 0 saturated heterocycles. The van der Waals surface area contributed by atoms with Crippen molar-refractivity contribution in [2.75, 3.05) is 0 Å². The largest absolute Gasteiger partial charge is 0.330 e. The molecule has 0 aromatic carbocycles. The molecule has 0 bridgehead atoms. The van der Waals surface area contributed by atoms with Crippen LogP contribution in [0.3, 0.4) is 0 Å². The van der Waals surface area contributed by atoms with Gasteiger partial charge in [0.25, 0.3) is 0 Å². The Morgan fingerprint density at radius 2 is 0.900 bits per heavy atom. The van der Waals surface area contributed by atoms with Gasteiger partial charge in [0, 0.05) is 0 Å². The van der Waals surface area contributed by atoms with Crippen LogP contribution in [-0.4, -0.2) is 15.0 Å². The molecule has 0 amide bonds. The number of aromatic amines is 3. The van der Waals surface area contributed by atoms with Crippen molar-refractivity contribution in [3.63, 3.8) is 0 Å². The highest BCUT2D eigenvalue weighted by molar-refractivity contribution is 4.60. The van der Waals surface area contributed by atoms with Gasteiger partial charge in [0.2, 0.25) is 0 Å². The summed E-state index contributed by atoms with van der Waals surface area (Å²) in [6.45, 7) is 0. The highest BCUT2D eigenvalue weighted by atomic mass is 19.0. The minimum atomic E-state index is -0.802. The fourth-order valence-electron chi connectivity index (χ4n) is 0.403. The van der Waals surface area contributed by atoms with Gasteiger partial charge in [-0.25, -0.2) is 14.4 Å². The highest BCUT2D eigenvalue weighted by Gasteiger charge is 1.84. The second-order valence-corrected chi connectivity index (χ2v) is 1.36. The first-order valence-electron chi connectivity index (χ1n) is 2.11. The van der Waals surface area contributed by atoms with Crippen molar-refractivity contribution in [2.45, 2.75) is 0 Å². The summed E-state index contributed by atoms with van der Waals surface area (Å²) in [6, 6.07) is 0. The number of hydrogen-bond donors (Lipinski definition) is 3. The van der Waals surface area contributed by atoms with E-state index in [1.807, 2.05) is 0 Å². The first-order valence-corrected chi connectivity index (χ1v) is 2.11. The van der Waals surface area contributed by atoms with Gasteiger partial charge in [-0.3, -0.25) is 19.7 Å². The zero-order valence-corrected chi connectivity index (χ0v) is 4.63. The quantitative estimate of drug-likeness (QED) is 0.394. The molecule has 10 heavy (non-hydrogen) atoms. The van der Waals surface area contributed by atoms with E-state index in [1.54, 1.807) is 15.0 Å². The first kappa shape index (κ1) is 8.34. The summed E-state index contributed by atoms with van der Waals surface area (Å²) in [5.41, 5.74) is -2.41. The van der Waals surface area contributed by atoms with Crippen LogP contribution < -0.4 is 17.1 Å². The Balaban J connectivity index is 0.000000810. The van der Waals surface area contributed by atoms with Gasteiger partial charge in [0.05, 0.1) is 0 Å². The third-order valence-electron chi connectivity index (χ3n) is 0.681. The maximum atomic E-state index is 10.2. The molecule has 0 saturated carbocycles. The lowest BCUT2D eigenvalue weighted by atomic mass is 11.0. The number of nitrogens with one attached hydrogen (secondary N) is 3. The summed E-state index contributed by atoms with van der Waals surface area (Å²) in [4.78, 5) is 35.9. The SMILES string of the molecule is F.O=c1[nH]c(=O)[nH]c(=O)[nH]1. The number of H-pyrrole nitrogens is 3. The van der Waals surface area contributed by atoms with E-state index in [2.05, 4.69) is 0 Å². The third-order valence-corrected chi connectivity index (χ3v) is 0.681. The van der Waals surface area contributed by atoms with Crippen LogP contribution in [0.1, 0.15) is 0 Å². The van der Waals surface area contributed by atoms with Crippen LogP contribution in [0, 0.1) is 0 Å². The fourth-order valence-corrected chi connectivity index (χ4v) is 0.403. The van der Waals surface area contributed by atoms with E-state index in [9.17, 15) is 14.4 Å². The number of hydrogen-bond acceptors (Lipinski definition) is 3. The Bertz CT molecular complexity index is 281. The van der Waals surface area contributed by atoms with Gasteiger partial charge < -0.3 is 0 Å². The molecule has 0 aliphatic carbocycles. The predicted octanol–water partition coefficient (Wildman–Crippen LogP) is -2.10. The smallest absolute Gasteiger partial charge is 0.269 e. The number of aromatic nitrogens is 3. The summed E-state index contributed by atoms with van der Waals surface area (Å²) >= 11 is 0. The van der Waals surface area contributed by atoms with E-state index < -0.39 is 17.1 Å². The molecule has 0 aliphatic rings. The van der Waals surface area contributed by atoms with Crippen molar-refractivity contribution in [1.29, 1.82) is 0 Å². The van der Waals surface area contributed by atoms with Gasteiger partial charge in [0.15, 0.2) is 0 Å². The molecular weight excluding hydrogens is 145 g/mol. The summed E-state index contributed by atoms with van der Waals surface area (Å²) in [5, 5.41) is 0. The summed E-state index contributed by atoms with van der Waals surface area (Å²) < 4.78 is 0. The van der Waals surface area contributed by atoms with Crippen LogP contribution in [0.25, 0.3) is 0 Å². The van der Waals surface area contributed by atoms with E-state index in [1.165, 1.54) is 0 Å². The van der Waals surface area contributed by atoms with Crippen LogP contribution in [0.2, 0.25) is 0 Å². The maximum absolute atomic E-state index is 10.2. The van der Waals surface area contributed by atoms with Gasteiger partial charge in [-0.1, -0.05) is 0 Å². The van der Waals surface area contributed by atoms with Crippen LogP contribution in [0.15, 0.2) is 14.4 Å². The predicted molar refractivity (Wildman–Crippen MR) is 30.8 cm³/mol. The molecule has 0 fully saturated rings. The lowest BCUT2D eigenvalue weighted by Gasteiger charge is -1.77. The van der Waals surface area contributed by atoms with Gasteiger partial charge in [0.1, 0.15) is 0 Å². The Morgan fingerprint density at radius 3 is 1.10 bits per heavy atom. The molecule has 0 unspecified atom stereocenters. The monoisotopic (exact) mass is 149 g/mol. The van der Waals surface area contributed by atoms with Crippen molar-refractivity contribution in [3.8, 4) is 0 Å². The van der Waals surface area contributed by atoms with E-state index >= 15 is 0 Å². The lowest BCUT2D eigenvalue weighted by molar-refractivity contribution is 0.888. The van der Waals surface area contributed by atoms with Crippen molar-refractivity contribution in [1.82, 2.24) is 15.0 Å². The second-order valence-electron chi connectivity index (χ2n) is 1.36. The van der Waals surface area contributed by atoms with E-state index in [-0.39, 0.29) is 4.70 Å². The molecule has 3 N–H and O–H groups in total. The maximum Gasteiger partial charge on any atom is 0.330 e. The van der Waals surface area contributed by atoms with E-state index in [0.29, 0.717) is 0 Å². The summed E-state index contributed by atoms with van der Waals surface area (Å²) in [7, 11) is 0. The average molecular weight is 149 g/mol. The zero-order chi connectivity index (χ0) is 6.85. The Morgan fingerprint density at radius 1 is 0.700 bits per heavy atom. The van der Waals surface area contributed by atoms with E-state index in [4.69, 9.17) is 0 Å². The summed E-state index contributed by atoms with van der Waals surface area (Å²) in [6.07, 6.45) is 0. The van der Waals surface area contributed by atoms with Gasteiger partial charge in [-0.05, 0) is 0 Å². The Kier molecular flexibility index (Phi) is 2.30. The number of halogens is 1. The Labute approximate surface area is 52.3 Å². The van der Waals surface area contributed by atoms with Gasteiger partial charge in [-0.15, -0.1) is 0 Å². The molecule has 0 spiro atoms. The summed E-state index contributed by atoms with van der Waals surface area (Å²) in [5.74, 6) is 0. The first-order chi connectivity index (χ1) is 4.18. The third kappa shape index (κ3) is 1.69. The van der Waals surface area contributed by atoms with Crippen LogP contribution >= 0.6 is 0 Å². The van der Waals surface area contributed by atoms with Crippen LogP contribution in [-0.2, 0) is 0 Å². The topological polar surface area (TPSA) is 98.6 Å². The van der Waals surface area contributed by atoms with Crippen LogP contribution in [0.4, 0.5) is 4.70 Å². The molecule has 1 aromatic rings. The second kappa shape index (κ2) is 2.76. The fraction of sp³-hybridized carbons (Fsp3) is 0. The van der Waals surface area contributed by atoms with E-state index in [0.717, 1.165) is 0 Å². The number of rotatable bonds is 0. The zero-order valence-electron chi connectivity index (χ0n) is 4.63. The van der Waals surface area contributed by atoms with Crippen molar-refractivity contribution >= 4 is 0 Å². The molecule has 0 radical (unpaired) electrons. The van der Waals surface area contributed by atoms with Gasteiger partial charge in [-0.2, -0.15) is 0 Å². The Hall–Kier alpha value is -1.66. The van der Waals surface area contributed by atoms with Gasteiger partial charge >= 0.3 is 17.1 Å². The standard InChI is InChI=1S/C3H3N3O3.FH/c7-1-4-2(8)6-3(9)5-1;/h(H3,4,5,6,7,8,9);1H. The minimum absolute atomic E-state index is 0. The highest BCUT2D eigenvalue weighted by Crippen LogP contribution is 1.29. The van der Waals surface area contributed by atoms with Crippen LogP contribution in [0.5, 0.6) is 0 Å².